The Balaban J connectivity index is 1.60. The van der Waals surface area contributed by atoms with Crippen molar-refractivity contribution in [3.8, 4) is 0 Å². The summed E-state index contributed by atoms with van der Waals surface area (Å²) in [6, 6.07) is 2.54. The van der Waals surface area contributed by atoms with E-state index >= 15 is 0 Å². The van der Waals surface area contributed by atoms with Crippen LogP contribution in [0.25, 0.3) is 0 Å². The van der Waals surface area contributed by atoms with Gasteiger partial charge in [0.1, 0.15) is 5.82 Å². The second-order valence-electron chi connectivity index (χ2n) is 6.92. The first-order chi connectivity index (χ1) is 11.3. The number of aromatic nitrogens is 2. The molecule has 2 aliphatic rings. The van der Waals surface area contributed by atoms with E-state index in [-0.39, 0.29) is 0 Å². The number of nitrogens with one attached hydrogen (secondary N) is 1. The average molecular weight is 317 g/mol. The number of nitrogens with zero attached hydrogens (tertiary/aromatic N) is 4. The molecule has 0 spiro atoms. The molecular weight excluding hydrogens is 286 g/mol. The van der Waals surface area contributed by atoms with Crippen LogP contribution in [0, 0.1) is 0 Å². The lowest BCUT2D eigenvalue weighted by Crippen LogP contribution is -2.42. The van der Waals surface area contributed by atoms with E-state index in [1.807, 2.05) is 6.20 Å². The van der Waals surface area contributed by atoms with Gasteiger partial charge in [0, 0.05) is 31.9 Å². The van der Waals surface area contributed by atoms with Crippen molar-refractivity contribution in [1.82, 2.24) is 14.9 Å². The number of piperidine rings is 1. The quantitative estimate of drug-likeness (QED) is 0.904. The monoisotopic (exact) mass is 317 g/mol. The van der Waals surface area contributed by atoms with Gasteiger partial charge in [-0.05, 0) is 51.3 Å². The van der Waals surface area contributed by atoms with Crippen LogP contribution in [-0.4, -0.2) is 53.6 Å². The minimum absolute atomic E-state index is 0.481. The Labute approximate surface area is 140 Å². The summed E-state index contributed by atoms with van der Waals surface area (Å²) in [5, 5.41) is 3.57. The van der Waals surface area contributed by atoms with Crippen molar-refractivity contribution in [3.63, 3.8) is 0 Å². The van der Waals surface area contributed by atoms with E-state index in [0.29, 0.717) is 6.04 Å². The summed E-state index contributed by atoms with van der Waals surface area (Å²) < 4.78 is 0. The first kappa shape index (κ1) is 16.5. The molecule has 128 valence electrons. The SMILES string of the molecule is CCCN1CCCC(Nc2nccc(N3CCCCCC3)n2)C1. The molecular formula is C18H31N5. The van der Waals surface area contributed by atoms with Gasteiger partial charge in [-0.15, -0.1) is 0 Å². The van der Waals surface area contributed by atoms with E-state index in [9.17, 15) is 0 Å². The first-order valence-electron chi connectivity index (χ1n) is 9.42. The first-order valence-corrected chi connectivity index (χ1v) is 9.42. The van der Waals surface area contributed by atoms with Crippen molar-refractivity contribution < 1.29 is 0 Å². The van der Waals surface area contributed by atoms with E-state index < -0.39 is 0 Å². The third-order valence-electron chi connectivity index (χ3n) is 4.95. The molecule has 1 aromatic heterocycles. The highest BCUT2D eigenvalue weighted by Gasteiger charge is 2.20. The molecule has 0 bridgehead atoms. The molecule has 5 heteroatoms. The molecule has 0 saturated carbocycles. The average Bonchev–Trinajstić information content (AvgIpc) is 2.85. The van der Waals surface area contributed by atoms with Crippen molar-refractivity contribution in [3.05, 3.63) is 12.3 Å². The van der Waals surface area contributed by atoms with E-state index in [1.54, 1.807) is 0 Å². The van der Waals surface area contributed by atoms with E-state index in [0.717, 1.165) is 31.4 Å². The molecule has 0 amide bonds. The third-order valence-corrected chi connectivity index (χ3v) is 4.95. The van der Waals surface area contributed by atoms with Crippen molar-refractivity contribution in [1.29, 1.82) is 0 Å². The Morgan fingerprint density at radius 1 is 1.13 bits per heavy atom. The summed E-state index contributed by atoms with van der Waals surface area (Å²) >= 11 is 0. The molecule has 1 unspecified atom stereocenters. The maximum absolute atomic E-state index is 4.79. The Hall–Kier alpha value is -1.36. The largest absolute Gasteiger partial charge is 0.356 e. The van der Waals surface area contributed by atoms with Gasteiger partial charge in [0.2, 0.25) is 5.95 Å². The molecule has 2 fully saturated rings. The maximum atomic E-state index is 4.79. The van der Waals surface area contributed by atoms with Crippen molar-refractivity contribution in [2.24, 2.45) is 0 Å². The molecule has 2 aliphatic heterocycles. The molecule has 2 saturated heterocycles. The van der Waals surface area contributed by atoms with Crippen LogP contribution in [-0.2, 0) is 0 Å². The highest BCUT2D eigenvalue weighted by atomic mass is 15.2. The van der Waals surface area contributed by atoms with E-state index in [1.165, 1.54) is 58.0 Å². The molecule has 0 aromatic carbocycles. The molecule has 23 heavy (non-hydrogen) atoms. The molecule has 1 N–H and O–H groups in total. The van der Waals surface area contributed by atoms with Gasteiger partial charge in [-0.25, -0.2) is 4.98 Å². The molecule has 3 rings (SSSR count). The van der Waals surface area contributed by atoms with Gasteiger partial charge in [0.05, 0.1) is 0 Å². The summed E-state index contributed by atoms with van der Waals surface area (Å²) in [4.78, 5) is 14.2. The lowest BCUT2D eigenvalue weighted by Gasteiger charge is -2.33. The Morgan fingerprint density at radius 3 is 2.74 bits per heavy atom. The van der Waals surface area contributed by atoms with E-state index in [4.69, 9.17) is 4.98 Å². The predicted octanol–water partition coefficient (Wildman–Crippen LogP) is 3.14. The lowest BCUT2D eigenvalue weighted by molar-refractivity contribution is 0.216. The molecule has 1 atom stereocenters. The number of likely N-dealkylation sites (tertiary alicyclic amines) is 1. The summed E-state index contributed by atoms with van der Waals surface area (Å²) in [5.74, 6) is 1.89. The smallest absolute Gasteiger partial charge is 0.224 e. The second kappa shape index (κ2) is 8.48. The highest BCUT2D eigenvalue weighted by Crippen LogP contribution is 2.19. The van der Waals surface area contributed by atoms with Gasteiger partial charge in [0.25, 0.3) is 0 Å². The van der Waals surface area contributed by atoms with Crippen molar-refractivity contribution >= 4 is 11.8 Å². The fraction of sp³-hybridized carbons (Fsp3) is 0.778. The molecule has 1 aromatic rings. The van der Waals surface area contributed by atoms with Crippen LogP contribution in [0.15, 0.2) is 12.3 Å². The second-order valence-corrected chi connectivity index (χ2v) is 6.92. The van der Waals surface area contributed by atoms with Crippen LogP contribution in [0.2, 0.25) is 0 Å². The number of anilines is 2. The molecule has 3 heterocycles. The minimum Gasteiger partial charge on any atom is -0.356 e. The van der Waals surface area contributed by atoms with Gasteiger partial charge in [0.15, 0.2) is 0 Å². The number of rotatable bonds is 5. The van der Waals surface area contributed by atoms with Crippen LogP contribution in [0.3, 0.4) is 0 Å². The predicted molar refractivity (Wildman–Crippen MR) is 96.1 cm³/mol. The fourth-order valence-corrected chi connectivity index (χ4v) is 3.77. The van der Waals surface area contributed by atoms with Crippen LogP contribution in [0.1, 0.15) is 51.9 Å². The molecule has 0 radical (unpaired) electrons. The standard InChI is InChI=1S/C18H31N5/c1-2-11-22-12-7-8-16(15-22)20-18-19-10-9-17(21-18)23-13-5-3-4-6-14-23/h9-10,16H,2-8,11-15H2,1H3,(H,19,20,21). The normalized spacial score (nSPS) is 23.5. The van der Waals surface area contributed by atoms with Crippen molar-refractivity contribution in [2.45, 2.75) is 57.9 Å². The highest BCUT2D eigenvalue weighted by molar-refractivity contribution is 5.43. The lowest BCUT2D eigenvalue weighted by atomic mass is 10.1. The summed E-state index contributed by atoms with van der Waals surface area (Å²) in [5.41, 5.74) is 0. The fourth-order valence-electron chi connectivity index (χ4n) is 3.77. The summed E-state index contributed by atoms with van der Waals surface area (Å²) in [6.45, 7) is 8.07. The zero-order valence-electron chi connectivity index (χ0n) is 14.5. The van der Waals surface area contributed by atoms with Gasteiger partial charge in [-0.3, -0.25) is 0 Å². The van der Waals surface area contributed by atoms with Crippen LogP contribution < -0.4 is 10.2 Å². The third kappa shape index (κ3) is 4.80. The van der Waals surface area contributed by atoms with Crippen LogP contribution in [0.5, 0.6) is 0 Å². The maximum Gasteiger partial charge on any atom is 0.224 e. The van der Waals surface area contributed by atoms with Crippen LogP contribution >= 0.6 is 0 Å². The van der Waals surface area contributed by atoms with Crippen molar-refractivity contribution in [2.75, 3.05) is 42.9 Å². The minimum atomic E-state index is 0.481. The molecule has 5 nitrogen and oxygen atoms in total. The number of hydrogen-bond donors (Lipinski definition) is 1. The van der Waals surface area contributed by atoms with Gasteiger partial charge in [-0.2, -0.15) is 4.98 Å². The number of hydrogen-bond acceptors (Lipinski definition) is 5. The topological polar surface area (TPSA) is 44.3 Å². The summed E-state index contributed by atoms with van der Waals surface area (Å²) in [6.07, 6.45) is 10.9. The Morgan fingerprint density at radius 2 is 1.96 bits per heavy atom. The van der Waals surface area contributed by atoms with Gasteiger partial charge in [-0.1, -0.05) is 19.8 Å². The van der Waals surface area contributed by atoms with Gasteiger partial charge >= 0.3 is 0 Å². The Bertz CT molecular complexity index is 468. The molecule has 0 aliphatic carbocycles. The zero-order valence-corrected chi connectivity index (χ0v) is 14.5. The zero-order chi connectivity index (χ0) is 15.9. The van der Waals surface area contributed by atoms with Crippen LogP contribution in [0.4, 0.5) is 11.8 Å². The van der Waals surface area contributed by atoms with Gasteiger partial charge < -0.3 is 15.1 Å². The summed E-state index contributed by atoms with van der Waals surface area (Å²) in [7, 11) is 0. The Kier molecular flexibility index (Phi) is 6.08. The van der Waals surface area contributed by atoms with E-state index in [2.05, 4.69) is 33.1 Å².